The number of rotatable bonds is 5. The molecule has 0 saturated carbocycles. The van der Waals surface area contributed by atoms with Crippen LogP contribution in [0.4, 0.5) is 4.70 Å². The van der Waals surface area contributed by atoms with Crippen LogP contribution in [0.2, 0.25) is 0 Å². The first-order valence-electron chi connectivity index (χ1n) is 8.34. The predicted octanol–water partition coefficient (Wildman–Crippen LogP) is 4.88. The van der Waals surface area contributed by atoms with Crippen molar-refractivity contribution in [3.05, 3.63) is 91.0 Å². The van der Waals surface area contributed by atoms with Crippen LogP contribution >= 0.6 is 0 Å². The lowest BCUT2D eigenvalue weighted by atomic mass is 10.4. The Bertz CT molecular complexity index is 777. The highest BCUT2D eigenvalue weighted by atomic mass is 32.2. The van der Waals surface area contributed by atoms with Gasteiger partial charge in [0.25, 0.3) is 0 Å². The molecule has 0 aromatic heterocycles. The van der Waals surface area contributed by atoms with Gasteiger partial charge in [-0.3, -0.25) is 4.70 Å². The van der Waals surface area contributed by atoms with E-state index in [9.17, 15) is 13.0 Å². The Morgan fingerprint density at radius 3 is 1.19 bits per heavy atom. The first-order valence-corrected chi connectivity index (χ1v) is 11.1. The highest BCUT2D eigenvalue weighted by molar-refractivity contribution is 7.97. The number of benzene rings is 3. The standard InChI is InChI=1S/C18H15S.C3H8O3S.FH/c1-4-10-16(11-5-1)19(17-12-6-2-7-13-17)18-14-8-3-9-15-18;1-2-3-7(4,5)6;/h1-15H;2-3H2,1H3,(H,4,5,6);1H/q+1;;/p-1. The van der Waals surface area contributed by atoms with Gasteiger partial charge in [0.05, 0.1) is 21.0 Å². The smallest absolute Gasteiger partial charge is 0.166 e. The minimum absolute atomic E-state index is 0. The number of halogens is 1. The van der Waals surface area contributed by atoms with Gasteiger partial charge in [-0.15, -0.1) is 0 Å². The topological polar surface area (TPSA) is 57.2 Å². The lowest BCUT2D eigenvalue weighted by Gasteiger charge is -2.07. The summed E-state index contributed by atoms with van der Waals surface area (Å²) in [5, 5.41) is 0. The van der Waals surface area contributed by atoms with Crippen molar-refractivity contribution in [3.63, 3.8) is 0 Å². The molecule has 27 heavy (non-hydrogen) atoms. The largest absolute Gasteiger partial charge is 0.748 e. The molecule has 3 rings (SSSR count). The first kappa shape index (κ1) is 22.9. The van der Waals surface area contributed by atoms with E-state index in [-0.39, 0.29) is 21.4 Å². The molecule has 0 amide bonds. The van der Waals surface area contributed by atoms with Crippen LogP contribution in [0, 0.1) is 0 Å². The van der Waals surface area contributed by atoms with E-state index in [4.69, 9.17) is 0 Å². The zero-order chi connectivity index (χ0) is 18.8. The third-order valence-electron chi connectivity index (χ3n) is 3.39. The average molecular weight is 407 g/mol. The maximum atomic E-state index is 9.68. The van der Waals surface area contributed by atoms with E-state index in [1.165, 1.54) is 14.7 Å². The van der Waals surface area contributed by atoms with Crippen LogP contribution in [-0.4, -0.2) is 18.7 Å². The molecule has 0 radical (unpaired) electrons. The summed E-state index contributed by atoms with van der Waals surface area (Å²) in [5.41, 5.74) is 0. The third-order valence-corrected chi connectivity index (χ3v) is 6.53. The third kappa shape index (κ3) is 7.95. The van der Waals surface area contributed by atoms with Gasteiger partial charge in [0, 0.05) is 5.75 Å². The molecule has 3 nitrogen and oxygen atoms in total. The molecule has 0 N–H and O–H groups in total. The zero-order valence-electron chi connectivity index (χ0n) is 15.0. The maximum Gasteiger partial charge on any atom is 0.166 e. The van der Waals surface area contributed by atoms with Crippen molar-refractivity contribution in [2.45, 2.75) is 28.0 Å². The summed E-state index contributed by atoms with van der Waals surface area (Å²) in [5.74, 6) is -0.243. The van der Waals surface area contributed by atoms with E-state index in [1.54, 1.807) is 6.92 Å². The van der Waals surface area contributed by atoms with Crippen molar-refractivity contribution in [3.8, 4) is 0 Å². The van der Waals surface area contributed by atoms with Crippen molar-refractivity contribution >= 4 is 21.0 Å². The fourth-order valence-electron chi connectivity index (χ4n) is 2.33. The Labute approximate surface area is 163 Å². The minimum atomic E-state index is -3.92. The summed E-state index contributed by atoms with van der Waals surface area (Å²) in [4.78, 5) is 4.08. The van der Waals surface area contributed by atoms with E-state index in [0.29, 0.717) is 6.42 Å². The number of hydrogen-bond acceptors (Lipinski definition) is 3. The van der Waals surface area contributed by atoms with Gasteiger partial charge in [0.15, 0.2) is 14.7 Å². The van der Waals surface area contributed by atoms with E-state index in [1.807, 2.05) is 0 Å². The van der Waals surface area contributed by atoms with Crippen molar-refractivity contribution < 1.29 is 17.7 Å². The first-order chi connectivity index (χ1) is 12.5. The van der Waals surface area contributed by atoms with Gasteiger partial charge in [-0.25, -0.2) is 8.42 Å². The van der Waals surface area contributed by atoms with Gasteiger partial charge in [0.1, 0.15) is 0 Å². The second-order valence-corrected chi connectivity index (χ2v) is 9.06. The Morgan fingerprint density at radius 2 is 1.00 bits per heavy atom. The summed E-state index contributed by atoms with van der Waals surface area (Å²) >= 11 is 0. The van der Waals surface area contributed by atoms with Crippen LogP contribution in [0.15, 0.2) is 106 Å². The van der Waals surface area contributed by atoms with Crippen molar-refractivity contribution in [1.82, 2.24) is 0 Å². The fourth-order valence-corrected chi connectivity index (χ4v) is 4.93. The molecule has 0 atom stereocenters. The quantitative estimate of drug-likeness (QED) is 0.448. The molecule has 0 spiro atoms. The predicted molar refractivity (Wildman–Crippen MR) is 109 cm³/mol. The summed E-state index contributed by atoms with van der Waals surface area (Å²) in [6.45, 7) is 1.65. The lowest BCUT2D eigenvalue weighted by molar-refractivity contribution is 0.462. The van der Waals surface area contributed by atoms with Gasteiger partial charge in [0.2, 0.25) is 0 Å². The zero-order valence-corrected chi connectivity index (χ0v) is 16.7. The molecule has 0 aliphatic heterocycles. The molecule has 0 bridgehead atoms. The molecular weight excluding hydrogens is 383 g/mol. The van der Waals surface area contributed by atoms with Gasteiger partial charge in [-0.2, -0.15) is 0 Å². The van der Waals surface area contributed by atoms with Crippen LogP contribution in [0.1, 0.15) is 13.3 Å². The molecule has 3 aromatic carbocycles. The molecule has 3 aromatic rings. The second-order valence-electron chi connectivity index (χ2n) is 5.51. The van der Waals surface area contributed by atoms with Crippen LogP contribution < -0.4 is 0 Å². The molecule has 144 valence electrons. The normalized spacial score (nSPS) is 10.5. The molecule has 0 saturated heterocycles. The molecule has 6 heteroatoms. The molecule has 0 aliphatic rings. The highest BCUT2D eigenvalue weighted by Crippen LogP contribution is 2.30. The van der Waals surface area contributed by atoms with Crippen molar-refractivity contribution in [2.24, 2.45) is 0 Å². The molecule has 0 heterocycles. The number of hydrogen-bond donors (Lipinski definition) is 0. The summed E-state index contributed by atoms with van der Waals surface area (Å²) in [6.07, 6.45) is 0.409. The molecule has 0 unspecified atom stereocenters. The minimum Gasteiger partial charge on any atom is -0.748 e. The second kappa shape index (κ2) is 11.5. The van der Waals surface area contributed by atoms with Gasteiger partial charge in [-0.1, -0.05) is 61.5 Å². The monoisotopic (exact) mass is 406 g/mol. The van der Waals surface area contributed by atoms with Crippen molar-refractivity contribution in [2.75, 3.05) is 5.75 Å². The van der Waals surface area contributed by atoms with Crippen LogP contribution in [0.5, 0.6) is 0 Å². The molecule has 0 aliphatic carbocycles. The van der Waals surface area contributed by atoms with Crippen LogP contribution in [-0.2, 0) is 21.0 Å². The van der Waals surface area contributed by atoms with E-state index >= 15 is 0 Å². The fraction of sp³-hybridized carbons (Fsp3) is 0.143. The SMILES string of the molecule is CCCS(=O)(=O)[O-].F.c1ccc([S+](c2ccccc2)c2ccccc2)cc1. The van der Waals surface area contributed by atoms with E-state index < -0.39 is 10.1 Å². The van der Waals surface area contributed by atoms with Gasteiger partial charge in [-0.05, 0) is 42.8 Å². The van der Waals surface area contributed by atoms with E-state index in [2.05, 4.69) is 91.0 Å². The molecule has 0 fully saturated rings. The lowest BCUT2D eigenvalue weighted by Crippen LogP contribution is -2.04. The highest BCUT2D eigenvalue weighted by Gasteiger charge is 2.27. The maximum absolute atomic E-state index is 9.68. The van der Waals surface area contributed by atoms with E-state index in [0.717, 1.165) is 0 Å². The van der Waals surface area contributed by atoms with Crippen LogP contribution in [0.3, 0.4) is 0 Å². The average Bonchev–Trinajstić information content (AvgIpc) is 2.64. The van der Waals surface area contributed by atoms with Crippen LogP contribution in [0.25, 0.3) is 0 Å². The summed E-state index contributed by atoms with van der Waals surface area (Å²) < 4.78 is 29.0. The van der Waals surface area contributed by atoms with Gasteiger partial charge >= 0.3 is 0 Å². The Balaban J connectivity index is 0.000000395. The Morgan fingerprint density at radius 1 is 0.704 bits per heavy atom. The summed E-state index contributed by atoms with van der Waals surface area (Å²) in [6, 6.07) is 32.2. The van der Waals surface area contributed by atoms with Gasteiger partial charge < -0.3 is 4.55 Å². The Kier molecular flexibility index (Phi) is 9.78. The summed E-state index contributed by atoms with van der Waals surface area (Å²) in [7, 11) is -3.94. The van der Waals surface area contributed by atoms with Crippen molar-refractivity contribution in [1.29, 1.82) is 0 Å². The Hall–Kier alpha value is -2.15. The molecular formula is C21H23FO3S2.